The maximum atomic E-state index is 14.0. The number of fused-ring (bicyclic) bond motifs is 1. The summed E-state index contributed by atoms with van der Waals surface area (Å²) in [7, 11) is 0. The number of hydrogen-bond donors (Lipinski definition) is 0. The van der Waals surface area contributed by atoms with Crippen LogP contribution in [0.15, 0.2) is 137 Å². The number of para-hydroxylation sites is 1. The zero-order chi connectivity index (χ0) is 26.1. The van der Waals surface area contributed by atoms with Crippen LogP contribution < -0.4 is 11.4 Å². The molecule has 5 nitrogen and oxygen atoms in total. The lowest BCUT2D eigenvalue weighted by molar-refractivity contribution is 0.373. The molecule has 0 N–H and O–H groups in total. The summed E-state index contributed by atoms with van der Waals surface area (Å²) in [6, 6.07) is 37.6. The molecule has 186 valence electrons. The average Bonchev–Trinajstić information content (AvgIpc) is 3.28. The lowest BCUT2D eigenvalue weighted by Gasteiger charge is -2.39. The molecule has 0 amide bonds. The molecular formula is C34H23N3O2. The number of nitrogens with zero attached hydrogens (tertiary/aromatic N) is 3. The topological polar surface area (TPSA) is 48.9 Å². The van der Waals surface area contributed by atoms with E-state index >= 15 is 0 Å². The van der Waals surface area contributed by atoms with Crippen molar-refractivity contribution >= 4 is 10.8 Å². The Labute approximate surface area is 224 Å². The quantitative estimate of drug-likeness (QED) is 0.263. The molecule has 2 aliphatic heterocycles. The third kappa shape index (κ3) is 2.95. The Kier molecular flexibility index (Phi) is 4.58. The summed E-state index contributed by atoms with van der Waals surface area (Å²) in [5.74, 6) is 0. The Morgan fingerprint density at radius 2 is 0.846 bits per heavy atom. The van der Waals surface area contributed by atoms with Crippen molar-refractivity contribution in [1.82, 2.24) is 13.9 Å². The molecule has 0 saturated carbocycles. The van der Waals surface area contributed by atoms with E-state index in [0.717, 1.165) is 44.2 Å². The molecule has 0 saturated heterocycles. The van der Waals surface area contributed by atoms with Crippen LogP contribution in [0.5, 0.6) is 0 Å². The van der Waals surface area contributed by atoms with Crippen LogP contribution in [0.25, 0.3) is 38.7 Å². The molecule has 6 aromatic rings. The first-order valence-electron chi connectivity index (χ1n) is 13.1. The van der Waals surface area contributed by atoms with Gasteiger partial charge in [0.2, 0.25) is 0 Å². The van der Waals surface area contributed by atoms with E-state index in [1.54, 1.807) is 21.5 Å². The zero-order valence-corrected chi connectivity index (χ0v) is 20.9. The van der Waals surface area contributed by atoms with Crippen LogP contribution in [-0.2, 0) is 0 Å². The van der Waals surface area contributed by atoms with Crippen LogP contribution in [0.1, 0.15) is 23.2 Å². The highest BCUT2D eigenvalue weighted by atomic mass is 16.2. The van der Waals surface area contributed by atoms with E-state index in [2.05, 4.69) is 60.7 Å². The third-order valence-electron chi connectivity index (χ3n) is 8.03. The van der Waals surface area contributed by atoms with Gasteiger partial charge in [-0.15, -0.1) is 0 Å². The van der Waals surface area contributed by atoms with E-state index in [4.69, 9.17) is 0 Å². The minimum Gasteiger partial charge on any atom is -0.245 e. The van der Waals surface area contributed by atoms with Gasteiger partial charge in [0.25, 0.3) is 0 Å². The maximum absolute atomic E-state index is 14.0. The molecule has 2 unspecified atom stereocenters. The van der Waals surface area contributed by atoms with Gasteiger partial charge in [-0.1, -0.05) is 115 Å². The summed E-state index contributed by atoms with van der Waals surface area (Å²) in [5, 5.41) is 2.26. The van der Waals surface area contributed by atoms with Gasteiger partial charge in [0.1, 0.15) is 0 Å². The Bertz CT molecular complexity index is 1920. The number of rotatable bonds is 3. The molecule has 1 aromatic heterocycles. The average molecular weight is 506 g/mol. The number of hydrogen-bond acceptors (Lipinski definition) is 2. The molecule has 5 aromatic carbocycles. The molecule has 2 bridgehead atoms. The van der Waals surface area contributed by atoms with Gasteiger partial charge in [-0.3, -0.25) is 0 Å². The van der Waals surface area contributed by atoms with Crippen molar-refractivity contribution in [1.29, 1.82) is 0 Å². The number of benzene rings is 5. The molecule has 2 atom stereocenters. The first kappa shape index (κ1) is 21.9. The normalized spacial score (nSPS) is 16.8. The van der Waals surface area contributed by atoms with Gasteiger partial charge in [0, 0.05) is 0 Å². The second-order valence-corrected chi connectivity index (χ2v) is 10.1. The predicted molar refractivity (Wildman–Crippen MR) is 155 cm³/mol. The van der Waals surface area contributed by atoms with Gasteiger partial charge in [-0.2, -0.15) is 0 Å². The third-order valence-corrected chi connectivity index (χ3v) is 8.03. The Hall–Kier alpha value is -5.16. The van der Waals surface area contributed by atoms with Crippen molar-refractivity contribution in [3.8, 4) is 27.9 Å². The highest BCUT2D eigenvalue weighted by Crippen LogP contribution is 2.52. The molecule has 0 fully saturated rings. The van der Waals surface area contributed by atoms with Crippen LogP contribution in [0, 0.1) is 0 Å². The fourth-order valence-corrected chi connectivity index (χ4v) is 6.51. The highest BCUT2D eigenvalue weighted by Gasteiger charge is 2.42. The van der Waals surface area contributed by atoms with Gasteiger partial charge < -0.3 is 0 Å². The first-order chi connectivity index (χ1) is 19.2. The fraction of sp³-hybridized carbons (Fsp3) is 0.0588. The van der Waals surface area contributed by atoms with Crippen molar-refractivity contribution in [2.24, 2.45) is 0 Å². The van der Waals surface area contributed by atoms with Gasteiger partial charge >= 0.3 is 11.4 Å². The van der Waals surface area contributed by atoms with Crippen LogP contribution in [0.2, 0.25) is 0 Å². The van der Waals surface area contributed by atoms with E-state index in [-0.39, 0.29) is 11.4 Å². The van der Waals surface area contributed by atoms with Crippen molar-refractivity contribution < 1.29 is 0 Å². The lowest BCUT2D eigenvalue weighted by Crippen LogP contribution is -2.41. The zero-order valence-electron chi connectivity index (χ0n) is 20.9. The van der Waals surface area contributed by atoms with Gasteiger partial charge in [0.05, 0.1) is 17.8 Å². The standard InChI is InChI=1S/C34H23N3O2/c38-33-35(24-16-8-3-9-17-24)34(39)37-28-21-20-27(36(33)37)31-29(22-12-4-1-5-13-22)25-18-10-11-19-26(25)30(32(28)31)23-14-6-2-7-15-23/h1-21,27-28H. The first-order valence-corrected chi connectivity index (χ1v) is 13.1. The molecule has 5 heteroatoms. The van der Waals surface area contributed by atoms with Crippen LogP contribution in [-0.4, -0.2) is 13.9 Å². The molecule has 0 radical (unpaired) electrons. The molecule has 3 aliphatic rings. The monoisotopic (exact) mass is 505 g/mol. The summed E-state index contributed by atoms with van der Waals surface area (Å²) in [6.45, 7) is 0. The van der Waals surface area contributed by atoms with E-state index in [1.807, 2.05) is 54.6 Å². The van der Waals surface area contributed by atoms with E-state index in [9.17, 15) is 9.59 Å². The second-order valence-electron chi connectivity index (χ2n) is 10.1. The van der Waals surface area contributed by atoms with Crippen molar-refractivity contribution in [2.45, 2.75) is 12.1 Å². The Morgan fingerprint density at radius 3 is 1.28 bits per heavy atom. The van der Waals surface area contributed by atoms with Crippen LogP contribution in [0.3, 0.4) is 0 Å². The molecule has 1 aliphatic carbocycles. The molecule has 0 spiro atoms. The highest BCUT2D eigenvalue weighted by molar-refractivity contribution is 6.08. The maximum Gasteiger partial charge on any atom is 0.352 e. The lowest BCUT2D eigenvalue weighted by atomic mass is 9.75. The van der Waals surface area contributed by atoms with Crippen molar-refractivity contribution in [3.63, 3.8) is 0 Å². The van der Waals surface area contributed by atoms with Gasteiger partial charge in [-0.25, -0.2) is 23.5 Å². The van der Waals surface area contributed by atoms with E-state index in [1.165, 1.54) is 4.57 Å². The SMILES string of the molecule is O=c1n(-c2ccccc2)c(=O)n2n1C1C=CC2c2c1c(-c1ccccc1)c1ccccc1c2-c1ccccc1. The Balaban J connectivity index is 1.55. The van der Waals surface area contributed by atoms with Gasteiger partial charge in [0.15, 0.2) is 0 Å². The fourth-order valence-electron chi connectivity index (χ4n) is 6.51. The summed E-state index contributed by atoms with van der Waals surface area (Å²) in [5.41, 5.74) is 6.48. The summed E-state index contributed by atoms with van der Waals surface area (Å²) < 4.78 is 4.60. The van der Waals surface area contributed by atoms with Crippen LogP contribution >= 0.6 is 0 Å². The number of aromatic nitrogens is 3. The van der Waals surface area contributed by atoms with Crippen LogP contribution in [0.4, 0.5) is 0 Å². The van der Waals surface area contributed by atoms with Gasteiger partial charge in [-0.05, 0) is 56.3 Å². The largest absolute Gasteiger partial charge is 0.352 e. The summed E-state index contributed by atoms with van der Waals surface area (Å²) >= 11 is 0. The second kappa shape index (κ2) is 8.17. The smallest absolute Gasteiger partial charge is 0.245 e. The van der Waals surface area contributed by atoms with Crippen molar-refractivity contribution in [2.75, 3.05) is 0 Å². The molecule has 3 heterocycles. The van der Waals surface area contributed by atoms with E-state index < -0.39 is 12.1 Å². The predicted octanol–water partition coefficient (Wildman–Crippen LogP) is 6.35. The number of allylic oxidation sites excluding steroid dienone is 2. The minimum atomic E-state index is -0.419. The molecular weight excluding hydrogens is 482 g/mol. The van der Waals surface area contributed by atoms with Crippen molar-refractivity contribution in [3.05, 3.63) is 160 Å². The summed E-state index contributed by atoms with van der Waals surface area (Å²) in [6.07, 6.45) is 4.16. The molecule has 9 rings (SSSR count). The Morgan fingerprint density at radius 1 is 0.462 bits per heavy atom. The summed E-state index contributed by atoms with van der Waals surface area (Å²) in [4.78, 5) is 27.9. The minimum absolute atomic E-state index is 0.329. The molecule has 39 heavy (non-hydrogen) atoms. The van der Waals surface area contributed by atoms with E-state index in [0.29, 0.717) is 5.69 Å².